The van der Waals surface area contributed by atoms with Crippen LogP contribution in [0.1, 0.15) is 19.4 Å². The number of nitrogens with zero attached hydrogens (tertiary/aromatic N) is 4. The van der Waals surface area contributed by atoms with Gasteiger partial charge in [-0.1, -0.05) is 42.5 Å². The summed E-state index contributed by atoms with van der Waals surface area (Å²) >= 11 is 0. The summed E-state index contributed by atoms with van der Waals surface area (Å²) in [5, 5.41) is 0. The van der Waals surface area contributed by atoms with Gasteiger partial charge in [0.1, 0.15) is 5.65 Å². The number of fused-ring (bicyclic) bond motifs is 1. The van der Waals surface area contributed by atoms with Gasteiger partial charge in [0.15, 0.2) is 0 Å². The summed E-state index contributed by atoms with van der Waals surface area (Å²) in [6.07, 6.45) is 12.6. The lowest BCUT2D eigenvalue weighted by Crippen LogP contribution is -2.27. The molecule has 0 fully saturated rings. The molecule has 4 nitrogen and oxygen atoms in total. The topological polar surface area (TPSA) is 33.4 Å². The number of hydrogen-bond donors (Lipinski definition) is 0. The molecule has 0 saturated carbocycles. The first-order chi connectivity index (χ1) is 14.7. The van der Waals surface area contributed by atoms with Crippen LogP contribution in [0.25, 0.3) is 33.7 Å². The van der Waals surface area contributed by atoms with Crippen molar-refractivity contribution in [3.05, 3.63) is 97.1 Å². The molecule has 1 aromatic carbocycles. The zero-order valence-electron chi connectivity index (χ0n) is 17.2. The van der Waals surface area contributed by atoms with E-state index in [1.807, 2.05) is 36.7 Å². The zero-order valence-corrected chi connectivity index (χ0v) is 17.2. The van der Waals surface area contributed by atoms with E-state index in [1.165, 1.54) is 11.1 Å². The molecule has 0 spiro atoms. The minimum Gasteiger partial charge on any atom is -0.371 e. The number of aromatic nitrogens is 3. The molecule has 3 aromatic heterocycles. The maximum atomic E-state index is 4.68. The van der Waals surface area contributed by atoms with E-state index in [4.69, 9.17) is 0 Å². The molecule has 5 rings (SSSR count). The van der Waals surface area contributed by atoms with Crippen LogP contribution in [-0.2, 0) is 0 Å². The normalized spacial score (nSPS) is 13.8. The van der Waals surface area contributed by atoms with Crippen molar-refractivity contribution in [2.24, 2.45) is 0 Å². The molecule has 0 radical (unpaired) electrons. The number of rotatable bonds is 4. The molecule has 30 heavy (non-hydrogen) atoms. The van der Waals surface area contributed by atoms with Crippen molar-refractivity contribution in [2.45, 2.75) is 19.9 Å². The summed E-state index contributed by atoms with van der Waals surface area (Å²) in [6.45, 7) is 5.40. The molecule has 4 aromatic rings. The van der Waals surface area contributed by atoms with E-state index in [2.05, 4.69) is 88.0 Å². The van der Waals surface area contributed by atoms with E-state index in [9.17, 15) is 0 Å². The van der Waals surface area contributed by atoms with Crippen LogP contribution in [0.15, 0.2) is 91.5 Å². The van der Waals surface area contributed by atoms with E-state index in [0.717, 1.165) is 34.7 Å². The second kappa shape index (κ2) is 7.64. The van der Waals surface area contributed by atoms with E-state index >= 15 is 0 Å². The Kier molecular flexibility index (Phi) is 4.68. The average Bonchev–Trinajstić information content (AvgIpc) is 3.23. The van der Waals surface area contributed by atoms with Gasteiger partial charge in [-0.15, -0.1) is 0 Å². The highest BCUT2D eigenvalue weighted by Crippen LogP contribution is 2.27. The third-order valence-corrected chi connectivity index (χ3v) is 5.55. The lowest BCUT2D eigenvalue weighted by molar-refractivity contribution is 0.341. The van der Waals surface area contributed by atoms with Crippen molar-refractivity contribution >= 4 is 11.2 Å². The number of benzene rings is 1. The molecular formula is C26H24N4. The fraction of sp³-hybridized carbons (Fsp3) is 0.154. The predicted molar refractivity (Wildman–Crippen MR) is 123 cm³/mol. The molecule has 0 bridgehead atoms. The average molecular weight is 393 g/mol. The predicted octanol–water partition coefficient (Wildman–Crippen LogP) is 5.68. The minimum absolute atomic E-state index is 0.484. The Hall–Kier alpha value is -3.66. The number of hydrogen-bond acceptors (Lipinski definition) is 3. The van der Waals surface area contributed by atoms with Gasteiger partial charge in [-0.3, -0.25) is 9.38 Å². The molecular weight excluding hydrogens is 368 g/mol. The molecule has 0 saturated heterocycles. The Balaban J connectivity index is 1.52. The van der Waals surface area contributed by atoms with Crippen LogP contribution in [0.4, 0.5) is 0 Å². The Morgan fingerprint density at radius 2 is 1.77 bits per heavy atom. The summed E-state index contributed by atoms with van der Waals surface area (Å²) in [5.74, 6) is 0. The van der Waals surface area contributed by atoms with E-state index in [0.29, 0.717) is 6.04 Å². The molecule has 1 aliphatic rings. The highest BCUT2D eigenvalue weighted by molar-refractivity contribution is 5.77. The second-order valence-corrected chi connectivity index (χ2v) is 7.86. The molecule has 4 heteroatoms. The Morgan fingerprint density at radius 1 is 0.900 bits per heavy atom. The monoisotopic (exact) mass is 392 g/mol. The van der Waals surface area contributed by atoms with E-state index in [-0.39, 0.29) is 0 Å². The van der Waals surface area contributed by atoms with Crippen molar-refractivity contribution in [1.29, 1.82) is 0 Å². The summed E-state index contributed by atoms with van der Waals surface area (Å²) in [5.41, 5.74) is 7.59. The minimum atomic E-state index is 0.484. The standard InChI is InChI=1S/C26H24N4/c1-19(2)29-13-6-9-23(18-29)21-11-14-30-25(17-28-26(30)16-21)22-10-12-27-24(15-22)20-7-4-3-5-8-20/h3-12,14-19H,13H2,1-2H3. The van der Waals surface area contributed by atoms with E-state index < -0.39 is 0 Å². The van der Waals surface area contributed by atoms with Gasteiger partial charge in [0.05, 0.1) is 17.6 Å². The molecule has 0 unspecified atom stereocenters. The highest BCUT2D eigenvalue weighted by atomic mass is 15.1. The van der Waals surface area contributed by atoms with Gasteiger partial charge in [-0.25, -0.2) is 4.98 Å². The number of imidazole rings is 1. The van der Waals surface area contributed by atoms with Gasteiger partial charge in [0.25, 0.3) is 0 Å². The second-order valence-electron chi connectivity index (χ2n) is 7.86. The van der Waals surface area contributed by atoms with Crippen LogP contribution >= 0.6 is 0 Å². The fourth-order valence-electron chi connectivity index (χ4n) is 3.84. The van der Waals surface area contributed by atoms with Crippen LogP contribution in [0, 0.1) is 0 Å². The van der Waals surface area contributed by atoms with Crippen molar-refractivity contribution < 1.29 is 0 Å². The Morgan fingerprint density at radius 3 is 2.60 bits per heavy atom. The van der Waals surface area contributed by atoms with Gasteiger partial charge >= 0.3 is 0 Å². The van der Waals surface area contributed by atoms with Gasteiger partial charge in [0.2, 0.25) is 0 Å². The largest absolute Gasteiger partial charge is 0.371 e. The molecule has 0 atom stereocenters. The first-order valence-corrected chi connectivity index (χ1v) is 10.3. The van der Waals surface area contributed by atoms with Gasteiger partial charge in [0, 0.05) is 42.3 Å². The third kappa shape index (κ3) is 3.41. The lowest BCUT2D eigenvalue weighted by Gasteiger charge is -2.27. The fourth-order valence-corrected chi connectivity index (χ4v) is 3.84. The molecule has 4 heterocycles. The van der Waals surface area contributed by atoms with Gasteiger partial charge in [-0.05, 0) is 49.2 Å². The Bertz CT molecular complexity index is 1250. The van der Waals surface area contributed by atoms with Crippen molar-refractivity contribution in [3.63, 3.8) is 0 Å². The third-order valence-electron chi connectivity index (χ3n) is 5.55. The number of allylic oxidation sites excluding steroid dienone is 2. The first-order valence-electron chi connectivity index (χ1n) is 10.3. The zero-order chi connectivity index (χ0) is 20.5. The number of pyridine rings is 2. The summed E-state index contributed by atoms with van der Waals surface area (Å²) in [7, 11) is 0. The quantitative estimate of drug-likeness (QED) is 0.448. The lowest BCUT2D eigenvalue weighted by atomic mass is 10.0. The van der Waals surface area contributed by atoms with E-state index in [1.54, 1.807) is 0 Å². The van der Waals surface area contributed by atoms with Gasteiger partial charge in [-0.2, -0.15) is 0 Å². The molecule has 0 amide bonds. The summed E-state index contributed by atoms with van der Waals surface area (Å²) in [6, 6.07) is 19.2. The smallest absolute Gasteiger partial charge is 0.137 e. The molecule has 0 N–H and O–H groups in total. The summed E-state index contributed by atoms with van der Waals surface area (Å²) in [4.78, 5) is 11.6. The first kappa shape index (κ1) is 18.4. The van der Waals surface area contributed by atoms with Crippen LogP contribution in [0.5, 0.6) is 0 Å². The van der Waals surface area contributed by atoms with Crippen molar-refractivity contribution in [3.8, 4) is 22.5 Å². The van der Waals surface area contributed by atoms with Crippen molar-refractivity contribution in [2.75, 3.05) is 6.54 Å². The van der Waals surface area contributed by atoms with Crippen molar-refractivity contribution in [1.82, 2.24) is 19.3 Å². The Labute approximate surface area is 176 Å². The molecule has 148 valence electrons. The maximum Gasteiger partial charge on any atom is 0.137 e. The van der Waals surface area contributed by atoms with Crippen LogP contribution in [0.2, 0.25) is 0 Å². The van der Waals surface area contributed by atoms with Crippen LogP contribution in [0.3, 0.4) is 0 Å². The highest BCUT2D eigenvalue weighted by Gasteiger charge is 2.12. The molecule has 1 aliphatic heterocycles. The van der Waals surface area contributed by atoms with Crippen LogP contribution < -0.4 is 0 Å². The van der Waals surface area contributed by atoms with Gasteiger partial charge < -0.3 is 4.90 Å². The molecule has 0 aliphatic carbocycles. The summed E-state index contributed by atoms with van der Waals surface area (Å²) < 4.78 is 2.14. The maximum absolute atomic E-state index is 4.68. The van der Waals surface area contributed by atoms with Crippen LogP contribution in [-0.4, -0.2) is 31.9 Å². The SMILES string of the molecule is CC(C)N1C=C(c2ccn3c(-c4ccnc(-c5ccccc5)c4)cnc3c2)C=CC1.